The standard InChI is InChI=1S/C21H25NOS/c1-15(19-12-11-18-9-6-10-20(18)13-19)22-21(23)16(2)24-14-17-7-4-3-5-8-17/h3-5,7-8,11-13,15-16H,6,9-10,14H2,1-2H3,(H,22,23)/t15-,16+/m0/s1. The van der Waals surface area contributed by atoms with E-state index in [9.17, 15) is 4.79 Å². The van der Waals surface area contributed by atoms with Crippen LogP contribution in [0, 0.1) is 0 Å². The van der Waals surface area contributed by atoms with E-state index in [2.05, 4.69) is 42.6 Å². The van der Waals surface area contributed by atoms with Gasteiger partial charge < -0.3 is 5.32 Å². The maximum absolute atomic E-state index is 12.4. The van der Waals surface area contributed by atoms with Crippen molar-refractivity contribution in [2.45, 2.75) is 50.2 Å². The lowest BCUT2D eigenvalue weighted by Crippen LogP contribution is -2.33. The van der Waals surface area contributed by atoms with Gasteiger partial charge in [0.1, 0.15) is 0 Å². The van der Waals surface area contributed by atoms with Crippen LogP contribution in [0.2, 0.25) is 0 Å². The van der Waals surface area contributed by atoms with Crippen molar-refractivity contribution in [2.24, 2.45) is 0 Å². The zero-order valence-corrected chi connectivity index (χ0v) is 15.2. The zero-order chi connectivity index (χ0) is 16.9. The first-order valence-corrected chi connectivity index (χ1v) is 9.76. The predicted octanol–water partition coefficient (Wildman–Crippen LogP) is 4.67. The second-order valence-corrected chi connectivity index (χ2v) is 7.88. The summed E-state index contributed by atoms with van der Waals surface area (Å²) < 4.78 is 0. The van der Waals surface area contributed by atoms with Crippen molar-refractivity contribution in [1.82, 2.24) is 5.32 Å². The van der Waals surface area contributed by atoms with Crippen LogP contribution in [0.15, 0.2) is 48.5 Å². The van der Waals surface area contributed by atoms with E-state index in [1.54, 1.807) is 11.8 Å². The Labute approximate surface area is 149 Å². The first-order chi connectivity index (χ1) is 11.6. The number of nitrogens with one attached hydrogen (secondary N) is 1. The summed E-state index contributed by atoms with van der Waals surface area (Å²) in [6, 6.07) is 17.0. The van der Waals surface area contributed by atoms with Gasteiger partial charge in [0.25, 0.3) is 0 Å². The number of aryl methyl sites for hydroxylation is 2. The van der Waals surface area contributed by atoms with E-state index in [0.29, 0.717) is 0 Å². The largest absolute Gasteiger partial charge is 0.349 e. The summed E-state index contributed by atoms with van der Waals surface area (Å²) in [4.78, 5) is 12.4. The Morgan fingerprint density at radius 3 is 2.62 bits per heavy atom. The van der Waals surface area contributed by atoms with Crippen molar-refractivity contribution < 1.29 is 4.79 Å². The lowest BCUT2D eigenvalue weighted by atomic mass is 10.0. The molecule has 1 amide bonds. The van der Waals surface area contributed by atoms with Gasteiger partial charge in [0.2, 0.25) is 5.91 Å². The highest BCUT2D eigenvalue weighted by molar-refractivity contribution is 7.99. The fourth-order valence-corrected chi connectivity index (χ4v) is 4.00. The number of hydrogen-bond donors (Lipinski definition) is 1. The monoisotopic (exact) mass is 339 g/mol. The summed E-state index contributed by atoms with van der Waals surface area (Å²) in [5.74, 6) is 0.978. The van der Waals surface area contributed by atoms with Gasteiger partial charge in [0.05, 0.1) is 11.3 Å². The Balaban J connectivity index is 1.53. The van der Waals surface area contributed by atoms with Gasteiger partial charge in [-0.2, -0.15) is 0 Å². The minimum Gasteiger partial charge on any atom is -0.349 e. The molecule has 1 aliphatic carbocycles. The van der Waals surface area contributed by atoms with Crippen LogP contribution in [-0.4, -0.2) is 11.2 Å². The van der Waals surface area contributed by atoms with Crippen molar-refractivity contribution in [1.29, 1.82) is 0 Å². The average Bonchev–Trinajstić information content (AvgIpc) is 3.08. The highest BCUT2D eigenvalue weighted by Gasteiger charge is 2.18. The van der Waals surface area contributed by atoms with Crippen LogP contribution in [-0.2, 0) is 23.4 Å². The molecule has 2 aromatic rings. The fourth-order valence-electron chi connectivity index (χ4n) is 3.15. The lowest BCUT2D eigenvalue weighted by molar-refractivity contribution is -0.120. The van der Waals surface area contributed by atoms with Crippen LogP contribution >= 0.6 is 11.8 Å². The molecular formula is C21H25NOS. The highest BCUT2D eigenvalue weighted by Crippen LogP contribution is 2.26. The van der Waals surface area contributed by atoms with Gasteiger partial charge in [-0.25, -0.2) is 0 Å². The van der Waals surface area contributed by atoms with Gasteiger partial charge in [0.15, 0.2) is 0 Å². The maximum atomic E-state index is 12.4. The molecule has 0 bridgehead atoms. The summed E-state index contributed by atoms with van der Waals surface area (Å²) in [6.07, 6.45) is 3.63. The average molecular weight is 340 g/mol. The number of hydrogen-bond acceptors (Lipinski definition) is 2. The Kier molecular flexibility index (Phi) is 5.62. The molecule has 0 saturated carbocycles. The first kappa shape index (κ1) is 17.1. The molecule has 0 heterocycles. The van der Waals surface area contributed by atoms with Gasteiger partial charge in [-0.15, -0.1) is 11.8 Å². The molecule has 2 atom stereocenters. The quantitative estimate of drug-likeness (QED) is 0.828. The topological polar surface area (TPSA) is 29.1 Å². The summed E-state index contributed by atoms with van der Waals surface area (Å²) >= 11 is 1.68. The molecule has 3 heteroatoms. The number of amides is 1. The first-order valence-electron chi connectivity index (χ1n) is 8.71. The smallest absolute Gasteiger partial charge is 0.233 e. The minimum atomic E-state index is -0.0536. The minimum absolute atomic E-state index is 0.0536. The molecule has 3 rings (SSSR count). The van der Waals surface area contributed by atoms with Crippen LogP contribution < -0.4 is 5.32 Å². The third-order valence-corrected chi connectivity index (χ3v) is 5.91. The highest BCUT2D eigenvalue weighted by atomic mass is 32.2. The van der Waals surface area contributed by atoms with Gasteiger partial charge >= 0.3 is 0 Å². The normalized spacial score (nSPS) is 15.6. The van der Waals surface area contributed by atoms with Crippen molar-refractivity contribution in [2.75, 3.05) is 0 Å². The van der Waals surface area contributed by atoms with Crippen LogP contribution in [0.3, 0.4) is 0 Å². The summed E-state index contributed by atoms with van der Waals surface area (Å²) in [5.41, 5.74) is 5.40. The molecule has 2 nitrogen and oxygen atoms in total. The molecular weight excluding hydrogens is 314 g/mol. The van der Waals surface area contributed by atoms with Gasteiger partial charge in [0, 0.05) is 5.75 Å². The SMILES string of the molecule is C[C@H](NC(=O)[C@@H](C)SCc1ccccc1)c1ccc2c(c1)CCC2. The molecule has 0 aromatic heterocycles. The van der Waals surface area contributed by atoms with E-state index in [1.165, 1.54) is 41.5 Å². The van der Waals surface area contributed by atoms with E-state index in [1.807, 2.05) is 25.1 Å². The van der Waals surface area contributed by atoms with Crippen LogP contribution in [0.5, 0.6) is 0 Å². The zero-order valence-electron chi connectivity index (χ0n) is 14.4. The Hall–Kier alpha value is -1.74. The summed E-state index contributed by atoms with van der Waals surface area (Å²) in [7, 11) is 0. The van der Waals surface area contributed by atoms with Crippen molar-refractivity contribution in [3.05, 3.63) is 70.8 Å². The molecule has 0 saturated heterocycles. The van der Waals surface area contributed by atoms with Gasteiger partial charge in [-0.3, -0.25) is 4.79 Å². The van der Waals surface area contributed by atoms with E-state index in [-0.39, 0.29) is 17.2 Å². The molecule has 126 valence electrons. The number of rotatable bonds is 6. The molecule has 0 radical (unpaired) electrons. The third-order valence-electron chi connectivity index (χ3n) is 4.69. The number of carbonyl (C=O) groups excluding carboxylic acids is 1. The number of fused-ring (bicyclic) bond motifs is 1. The van der Waals surface area contributed by atoms with Crippen molar-refractivity contribution in [3.8, 4) is 0 Å². The van der Waals surface area contributed by atoms with E-state index < -0.39 is 0 Å². The fraction of sp³-hybridized carbons (Fsp3) is 0.381. The van der Waals surface area contributed by atoms with Crippen LogP contribution in [0.1, 0.15) is 48.6 Å². The van der Waals surface area contributed by atoms with Gasteiger partial charge in [-0.05, 0) is 55.4 Å². The predicted molar refractivity (Wildman–Crippen MR) is 102 cm³/mol. The molecule has 24 heavy (non-hydrogen) atoms. The molecule has 0 fully saturated rings. The number of thioether (sulfide) groups is 1. The Bertz CT molecular complexity index is 698. The maximum Gasteiger partial charge on any atom is 0.233 e. The number of benzene rings is 2. The van der Waals surface area contributed by atoms with Crippen molar-refractivity contribution >= 4 is 17.7 Å². The molecule has 0 unspecified atom stereocenters. The van der Waals surface area contributed by atoms with Crippen molar-refractivity contribution in [3.63, 3.8) is 0 Å². The molecule has 1 aliphatic rings. The van der Waals surface area contributed by atoms with Gasteiger partial charge in [-0.1, -0.05) is 48.5 Å². The second-order valence-electron chi connectivity index (χ2n) is 6.55. The Morgan fingerprint density at radius 1 is 1.08 bits per heavy atom. The Morgan fingerprint density at radius 2 is 1.83 bits per heavy atom. The lowest BCUT2D eigenvalue weighted by Gasteiger charge is -2.18. The molecule has 0 aliphatic heterocycles. The molecule has 2 aromatic carbocycles. The number of carbonyl (C=O) groups is 1. The molecule has 1 N–H and O–H groups in total. The summed E-state index contributed by atoms with van der Waals surface area (Å²) in [6.45, 7) is 4.06. The second kappa shape index (κ2) is 7.89. The van der Waals surface area contributed by atoms with Crippen LogP contribution in [0.25, 0.3) is 0 Å². The summed E-state index contributed by atoms with van der Waals surface area (Å²) in [5, 5.41) is 3.11. The third kappa shape index (κ3) is 4.21. The van der Waals surface area contributed by atoms with Crippen LogP contribution in [0.4, 0.5) is 0 Å². The van der Waals surface area contributed by atoms with E-state index >= 15 is 0 Å². The van der Waals surface area contributed by atoms with E-state index in [4.69, 9.17) is 0 Å². The van der Waals surface area contributed by atoms with E-state index in [0.717, 1.165) is 5.75 Å². The molecule has 0 spiro atoms.